The maximum absolute atomic E-state index is 13.7. The van der Waals surface area contributed by atoms with E-state index in [-0.39, 0.29) is 11.1 Å². The van der Waals surface area contributed by atoms with Gasteiger partial charge in [0, 0.05) is 0 Å². The molecule has 0 aliphatic heterocycles. The maximum atomic E-state index is 13.7. The Balaban J connectivity index is 2.47. The molecule has 0 aliphatic rings. The zero-order chi connectivity index (χ0) is 14.9. The van der Waals surface area contributed by atoms with Crippen LogP contribution < -0.4 is 0 Å². The lowest BCUT2D eigenvalue weighted by molar-refractivity contribution is -0.137. The summed E-state index contributed by atoms with van der Waals surface area (Å²) in [6.07, 6.45) is -4.45. The highest BCUT2D eigenvalue weighted by molar-refractivity contribution is 5.94. The highest BCUT2D eigenvalue weighted by Crippen LogP contribution is 2.32. The zero-order valence-corrected chi connectivity index (χ0v) is 10.5. The van der Waals surface area contributed by atoms with Gasteiger partial charge in [0.25, 0.3) is 0 Å². The second-order valence-electron chi connectivity index (χ2n) is 4.33. The molecule has 0 heterocycles. The molecule has 5 heteroatoms. The molecule has 0 saturated carbocycles. The van der Waals surface area contributed by atoms with Crippen LogP contribution in [0.4, 0.5) is 17.6 Å². The number of alkyl halides is 3. The number of halogens is 4. The number of hydrogen-bond donors (Lipinski definition) is 0. The van der Waals surface area contributed by atoms with E-state index >= 15 is 0 Å². The number of benzene rings is 2. The van der Waals surface area contributed by atoms with Crippen molar-refractivity contribution in [2.24, 2.45) is 0 Å². The fraction of sp³-hybridized carbons (Fsp3) is 0.133. The Morgan fingerprint density at radius 2 is 1.65 bits per heavy atom. The smallest absolute Gasteiger partial charge is 0.294 e. The number of carbonyl (C=O) groups excluding carboxylic acids is 1. The first-order chi connectivity index (χ1) is 9.29. The van der Waals surface area contributed by atoms with Crippen molar-refractivity contribution in [3.05, 3.63) is 59.4 Å². The molecule has 104 valence electrons. The summed E-state index contributed by atoms with van der Waals surface area (Å²) in [5, 5.41) is 0. The summed E-state index contributed by atoms with van der Waals surface area (Å²) < 4.78 is 51.5. The maximum Gasteiger partial charge on any atom is 0.416 e. The van der Waals surface area contributed by atoms with Gasteiger partial charge in [-0.25, -0.2) is 4.39 Å². The summed E-state index contributed by atoms with van der Waals surface area (Å²) in [5.74, 6) is -1.18. The van der Waals surface area contributed by atoms with E-state index in [0.29, 0.717) is 5.56 Å². The molecular formula is C15H10F4O. The molecule has 2 rings (SSSR count). The topological polar surface area (TPSA) is 17.1 Å². The second-order valence-corrected chi connectivity index (χ2v) is 4.33. The minimum Gasteiger partial charge on any atom is -0.294 e. The van der Waals surface area contributed by atoms with Gasteiger partial charge in [0.05, 0.1) is 11.1 Å². The van der Waals surface area contributed by atoms with Crippen LogP contribution in [0, 0.1) is 5.82 Å². The van der Waals surface area contributed by atoms with Crippen LogP contribution in [-0.4, -0.2) is 5.78 Å². The van der Waals surface area contributed by atoms with Gasteiger partial charge in [0.15, 0.2) is 5.78 Å². The van der Waals surface area contributed by atoms with Crippen LogP contribution in [-0.2, 0) is 6.18 Å². The highest BCUT2D eigenvalue weighted by Gasteiger charge is 2.30. The van der Waals surface area contributed by atoms with Crippen molar-refractivity contribution >= 4 is 5.78 Å². The van der Waals surface area contributed by atoms with Gasteiger partial charge in [-0.1, -0.05) is 18.2 Å². The first-order valence-corrected chi connectivity index (χ1v) is 5.77. The van der Waals surface area contributed by atoms with E-state index in [0.717, 1.165) is 18.2 Å². The van der Waals surface area contributed by atoms with Gasteiger partial charge >= 0.3 is 6.18 Å². The fourth-order valence-electron chi connectivity index (χ4n) is 1.86. The van der Waals surface area contributed by atoms with Crippen LogP contribution in [0.5, 0.6) is 0 Å². The van der Waals surface area contributed by atoms with Gasteiger partial charge in [-0.05, 0) is 42.3 Å². The van der Waals surface area contributed by atoms with Crippen molar-refractivity contribution in [1.29, 1.82) is 0 Å². The summed E-state index contributed by atoms with van der Waals surface area (Å²) >= 11 is 0. The van der Waals surface area contributed by atoms with Crippen LogP contribution in [0.1, 0.15) is 22.8 Å². The van der Waals surface area contributed by atoms with Crippen LogP contribution in [0.15, 0.2) is 42.5 Å². The third-order valence-electron chi connectivity index (χ3n) is 2.87. The number of carbonyl (C=O) groups is 1. The molecule has 0 aromatic heterocycles. The molecule has 0 fully saturated rings. The Kier molecular flexibility index (Phi) is 3.61. The molecule has 0 amide bonds. The molecule has 2 aromatic carbocycles. The molecule has 0 radical (unpaired) electrons. The third-order valence-corrected chi connectivity index (χ3v) is 2.87. The molecule has 0 saturated heterocycles. The van der Waals surface area contributed by atoms with E-state index in [9.17, 15) is 22.4 Å². The molecule has 0 aliphatic carbocycles. The van der Waals surface area contributed by atoms with Crippen molar-refractivity contribution < 1.29 is 22.4 Å². The molecule has 0 unspecified atom stereocenters. The first-order valence-electron chi connectivity index (χ1n) is 5.77. The number of hydrogen-bond acceptors (Lipinski definition) is 1. The summed E-state index contributed by atoms with van der Waals surface area (Å²) in [6, 6.07) is 8.37. The molecule has 2 aromatic rings. The third kappa shape index (κ3) is 2.87. The monoisotopic (exact) mass is 282 g/mol. The summed E-state index contributed by atoms with van der Waals surface area (Å²) in [5.41, 5.74) is -0.348. The standard InChI is InChI=1S/C15H10F4O/c1-9(20)13-6-5-11(8-14(13)16)10-3-2-4-12(7-10)15(17,18)19/h2-8H,1H3. The Labute approximate surface area is 112 Å². The van der Waals surface area contributed by atoms with E-state index in [1.54, 1.807) is 0 Å². The highest BCUT2D eigenvalue weighted by atomic mass is 19.4. The Morgan fingerprint density at radius 1 is 1.00 bits per heavy atom. The fourth-order valence-corrected chi connectivity index (χ4v) is 1.86. The lowest BCUT2D eigenvalue weighted by Crippen LogP contribution is -2.04. The predicted octanol–water partition coefficient (Wildman–Crippen LogP) is 4.71. The van der Waals surface area contributed by atoms with E-state index in [4.69, 9.17) is 0 Å². The van der Waals surface area contributed by atoms with Gasteiger partial charge in [-0.3, -0.25) is 4.79 Å². The summed E-state index contributed by atoms with van der Waals surface area (Å²) in [6.45, 7) is 1.22. The molecule has 1 nitrogen and oxygen atoms in total. The predicted molar refractivity (Wildman–Crippen MR) is 66.8 cm³/mol. The van der Waals surface area contributed by atoms with E-state index in [2.05, 4.69) is 0 Å². The van der Waals surface area contributed by atoms with Gasteiger partial charge in [-0.15, -0.1) is 0 Å². The van der Waals surface area contributed by atoms with Crippen LogP contribution in [0.2, 0.25) is 0 Å². The molecule has 20 heavy (non-hydrogen) atoms. The molecule has 0 bridgehead atoms. The zero-order valence-electron chi connectivity index (χ0n) is 10.5. The minimum absolute atomic E-state index is 0.0827. The van der Waals surface area contributed by atoms with Crippen LogP contribution in [0.3, 0.4) is 0 Å². The van der Waals surface area contributed by atoms with Gasteiger partial charge < -0.3 is 0 Å². The van der Waals surface area contributed by atoms with E-state index < -0.39 is 23.3 Å². The van der Waals surface area contributed by atoms with Gasteiger partial charge in [0.2, 0.25) is 0 Å². The average Bonchev–Trinajstić information content (AvgIpc) is 2.37. The van der Waals surface area contributed by atoms with Crippen LogP contribution >= 0.6 is 0 Å². The number of ketones is 1. The normalized spacial score (nSPS) is 11.4. The Morgan fingerprint density at radius 3 is 2.20 bits per heavy atom. The Hall–Kier alpha value is -2.17. The first kappa shape index (κ1) is 14.2. The molecule has 0 spiro atoms. The van der Waals surface area contributed by atoms with Crippen molar-refractivity contribution in [3.63, 3.8) is 0 Å². The number of Topliss-reactive ketones (excluding diaryl/α,β-unsaturated/α-hetero) is 1. The lowest BCUT2D eigenvalue weighted by atomic mass is 10.0. The van der Waals surface area contributed by atoms with Crippen molar-refractivity contribution in [2.75, 3.05) is 0 Å². The second kappa shape index (κ2) is 5.07. The quantitative estimate of drug-likeness (QED) is 0.575. The SMILES string of the molecule is CC(=O)c1ccc(-c2cccc(C(F)(F)F)c2)cc1F. The largest absolute Gasteiger partial charge is 0.416 e. The molecule has 0 atom stereocenters. The summed E-state index contributed by atoms with van der Waals surface area (Å²) in [7, 11) is 0. The van der Waals surface area contributed by atoms with Gasteiger partial charge in [0.1, 0.15) is 5.82 Å². The van der Waals surface area contributed by atoms with Crippen molar-refractivity contribution in [1.82, 2.24) is 0 Å². The summed E-state index contributed by atoms with van der Waals surface area (Å²) in [4.78, 5) is 11.1. The number of rotatable bonds is 2. The van der Waals surface area contributed by atoms with Crippen LogP contribution in [0.25, 0.3) is 11.1 Å². The average molecular weight is 282 g/mol. The van der Waals surface area contributed by atoms with E-state index in [1.165, 1.54) is 31.2 Å². The Bertz CT molecular complexity index is 659. The lowest BCUT2D eigenvalue weighted by Gasteiger charge is -2.09. The van der Waals surface area contributed by atoms with E-state index in [1.807, 2.05) is 0 Å². The van der Waals surface area contributed by atoms with Gasteiger partial charge in [-0.2, -0.15) is 13.2 Å². The van der Waals surface area contributed by atoms with Crippen molar-refractivity contribution in [2.45, 2.75) is 13.1 Å². The van der Waals surface area contributed by atoms with Crippen molar-refractivity contribution in [3.8, 4) is 11.1 Å². The molecule has 0 N–H and O–H groups in total. The molecular weight excluding hydrogens is 272 g/mol. The minimum atomic E-state index is -4.45.